The summed E-state index contributed by atoms with van der Waals surface area (Å²) in [5.41, 5.74) is 6.84. The Labute approximate surface area is 128 Å². The number of amides is 1. The van der Waals surface area contributed by atoms with Crippen LogP contribution in [0.2, 0.25) is 0 Å². The van der Waals surface area contributed by atoms with Gasteiger partial charge in [-0.1, -0.05) is 26.0 Å². The van der Waals surface area contributed by atoms with Crippen LogP contribution in [0.25, 0.3) is 0 Å². The number of nitrogens with two attached hydrogens (primary N) is 1. The van der Waals surface area contributed by atoms with E-state index in [1.807, 2.05) is 43.0 Å². The largest absolute Gasteiger partial charge is 0.493 e. The van der Waals surface area contributed by atoms with Crippen LogP contribution in [0.1, 0.15) is 32.8 Å². The van der Waals surface area contributed by atoms with Crippen molar-refractivity contribution in [1.82, 2.24) is 4.90 Å². The van der Waals surface area contributed by atoms with Gasteiger partial charge in [0.2, 0.25) is 5.91 Å². The molecule has 0 aliphatic rings. The van der Waals surface area contributed by atoms with Gasteiger partial charge in [0.1, 0.15) is 5.75 Å². The van der Waals surface area contributed by atoms with Crippen LogP contribution in [-0.2, 0) is 4.79 Å². The number of benzene rings is 1. The average Bonchev–Trinajstić information content (AvgIpc) is 2.44. The van der Waals surface area contributed by atoms with Crippen LogP contribution in [0.5, 0.6) is 5.75 Å². The molecule has 0 saturated carbocycles. The van der Waals surface area contributed by atoms with Crippen molar-refractivity contribution >= 4 is 5.91 Å². The fourth-order valence-electron chi connectivity index (χ4n) is 2.08. The van der Waals surface area contributed by atoms with E-state index in [2.05, 4.69) is 13.8 Å². The van der Waals surface area contributed by atoms with Crippen molar-refractivity contribution in [2.45, 2.75) is 34.1 Å². The molecule has 0 radical (unpaired) electrons. The van der Waals surface area contributed by atoms with Crippen molar-refractivity contribution in [2.24, 2.45) is 11.1 Å². The third-order valence-corrected chi connectivity index (χ3v) is 3.48. The Bertz CT molecular complexity index is 458. The van der Waals surface area contributed by atoms with Gasteiger partial charge in [-0.2, -0.15) is 0 Å². The maximum atomic E-state index is 12.2. The van der Waals surface area contributed by atoms with E-state index in [1.54, 1.807) is 0 Å². The summed E-state index contributed by atoms with van der Waals surface area (Å²) in [5.74, 6) is 0.930. The quantitative estimate of drug-likeness (QED) is 0.801. The zero-order chi connectivity index (χ0) is 15.9. The molecular weight excluding hydrogens is 264 g/mol. The van der Waals surface area contributed by atoms with Crippen LogP contribution < -0.4 is 10.5 Å². The lowest BCUT2D eigenvalue weighted by Crippen LogP contribution is -2.42. The summed E-state index contributed by atoms with van der Waals surface area (Å²) < 4.78 is 5.64. The second-order valence-corrected chi connectivity index (χ2v) is 6.19. The predicted molar refractivity (Wildman–Crippen MR) is 86.4 cm³/mol. The molecule has 2 N–H and O–H groups in total. The highest BCUT2D eigenvalue weighted by Gasteiger charge is 2.22. The molecule has 1 aromatic carbocycles. The van der Waals surface area contributed by atoms with Gasteiger partial charge >= 0.3 is 0 Å². The SMILES string of the molecule is CCN(CC(C)(C)CN)C(=O)CCOc1cccc(C)c1. The Morgan fingerprint density at radius 3 is 2.67 bits per heavy atom. The lowest BCUT2D eigenvalue weighted by atomic mass is 9.93. The Kier molecular flexibility index (Phi) is 6.69. The molecule has 4 heteroatoms. The molecule has 118 valence electrons. The van der Waals surface area contributed by atoms with Crippen molar-refractivity contribution in [2.75, 3.05) is 26.2 Å². The second kappa shape index (κ2) is 8.03. The summed E-state index contributed by atoms with van der Waals surface area (Å²) in [6.45, 7) is 10.5. The third kappa shape index (κ3) is 6.17. The summed E-state index contributed by atoms with van der Waals surface area (Å²) >= 11 is 0. The van der Waals surface area contributed by atoms with Crippen molar-refractivity contribution in [3.63, 3.8) is 0 Å². The summed E-state index contributed by atoms with van der Waals surface area (Å²) in [7, 11) is 0. The highest BCUT2D eigenvalue weighted by Crippen LogP contribution is 2.16. The molecule has 0 aliphatic heterocycles. The van der Waals surface area contributed by atoms with E-state index in [0.29, 0.717) is 32.7 Å². The molecule has 0 saturated heterocycles. The monoisotopic (exact) mass is 292 g/mol. The van der Waals surface area contributed by atoms with Crippen molar-refractivity contribution in [1.29, 1.82) is 0 Å². The number of ether oxygens (including phenoxy) is 1. The van der Waals surface area contributed by atoms with Gasteiger partial charge < -0.3 is 15.4 Å². The average molecular weight is 292 g/mol. The zero-order valence-electron chi connectivity index (χ0n) is 13.7. The maximum Gasteiger partial charge on any atom is 0.226 e. The van der Waals surface area contributed by atoms with E-state index in [4.69, 9.17) is 10.5 Å². The van der Waals surface area contributed by atoms with Crippen LogP contribution in [0.4, 0.5) is 0 Å². The highest BCUT2D eigenvalue weighted by molar-refractivity contribution is 5.76. The van der Waals surface area contributed by atoms with Crippen molar-refractivity contribution < 1.29 is 9.53 Å². The number of hydrogen-bond donors (Lipinski definition) is 1. The van der Waals surface area contributed by atoms with Crippen LogP contribution >= 0.6 is 0 Å². The Morgan fingerprint density at radius 2 is 2.10 bits per heavy atom. The maximum absolute atomic E-state index is 12.2. The zero-order valence-corrected chi connectivity index (χ0v) is 13.7. The molecule has 0 spiro atoms. The topological polar surface area (TPSA) is 55.6 Å². The van der Waals surface area contributed by atoms with E-state index < -0.39 is 0 Å². The molecule has 0 fully saturated rings. The Balaban J connectivity index is 2.44. The number of carbonyl (C=O) groups excluding carboxylic acids is 1. The van der Waals surface area contributed by atoms with Gasteiger partial charge in [-0.05, 0) is 43.5 Å². The molecule has 1 amide bonds. The van der Waals surface area contributed by atoms with Crippen molar-refractivity contribution in [3.05, 3.63) is 29.8 Å². The first-order valence-electron chi connectivity index (χ1n) is 7.55. The summed E-state index contributed by atoms with van der Waals surface area (Å²) in [6.07, 6.45) is 0.391. The van der Waals surface area contributed by atoms with Crippen molar-refractivity contribution in [3.8, 4) is 5.75 Å². The third-order valence-electron chi connectivity index (χ3n) is 3.48. The predicted octanol–water partition coefficient (Wildman–Crippen LogP) is 2.60. The smallest absolute Gasteiger partial charge is 0.226 e. The number of nitrogens with zero attached hydrogens (tertiary/aromatic N) is 1. The molecular formula is C17H28N2O2. The minimum absolute atomic E-state index is 0.0525. The molecule has 0 heterocycles. The van der Waals surface area contributed by atoms with Crippen LogP contribution in [0, 0.1) is 12.3 Å². The first kappa shape index (κ1) is 17.5. The van der Waals surface area contributed by atoms with E-state index in [-0.39, 0.29) is 11.3 Å². The molecule has 0 unspecified atom stereocenters. The van der Waals surface area contributed by atoms with Crippen LogP contribution in [0.15, 0.2) is 24.3 Å². The fraction of sp³-hybridized carbons (Fsp3) is 0.588. The van der Waals surface area contributed by atoms with Gasteiger partial charge in [-0.3, -0.25) is 4.79 Å². The summed E-state index contributed by atoms with van der Waals surface area (Å²) in [4.78, 5) is 14.1. The first-order valence-corrected chi connectivity index (χ1v) is 7.55. The van der Waals surface area contributed by atoms with Gasteiger partial charge in [-0.15, -0.1) is 0 Å². The minimum Gasteiger partial charge on any atom is -0.493 e. The van der Waals surface area contributed by atoms with E-state index in [0.717, 1.165) is 11.3 Å². The number of hydrogen-bond acceptors (Lipinski definition) is 3. The van der Waals surface area contributed by atoms with E-state index in [1.165, 1.54) is 0 Å². The van der Waals surface area contributed by atoms with E-state index >= 15 is 0 Å². The number of rotatable bonds is 8. The standard InChI is InChI=1S/C17H28N2O2/c1-5-19(13-17(3,4)12-18)16(20)9-10-21-15-8-6-7-14(2)11-15/h6-8,11H,5,9-10,12-13,18H2,1-4H3. The van der Waals surface area contributed by atoms with Gasteiger partial charge in [0.25, 0.3) is 0 Å². The highest BCUT2D eigenvalue weighted by atomic mass is 16.5. The van der Waals surface area contributed by atoms with Gasteiger partial charge in [0.05, 0.1) is 13.0 Å². The number of carbonyl (C=O) groups is 1. The van der Waals surface area contributed by atoms with Crippen LogP contribution in [0.3, 0.4) is 0 Å². The van der Waals surface area contributed by atoms with Gasteiger partial charge in [0.15, 0.2) is 0 Å². The molecule has 0 aliphatic carbocycles. The first-order chi connectivity index (χ1) is 9.88. The number of aryl methyl sites for hydroxylation is 1. The summed E-state index contributed by atoms with van der Waals surface area (Å²) in [6, 6.07) is 7.85. The lowest BCUT2D eigenvalue weighted by molar-refractivity contribution is -0.132. The van der Waals surface area contributed by atoms with E-state index in [9.17, 15) is 4.79 Å². The fourth-order valence-corrected chi connectivity index (χ4v) is 2.08. The molecule has 21 heavy (non-hydrogen) atoms. The molecule has 1 aromatic rings. The van der Waals surface area contributed by atoms with Gasteiger partial charge in [-0.25, -0.2) is 0 Å². The van der Waals surface area contributed by atoms with Gasteiger partial charge in [0, 0.05) is 13.1 Å². The molecule has 0 aromatic heterocycles. The molecule has 0 bridgehead atoms. The normalized spacial score (nSPS) is 11.3. The van der Waals surface area contributed by atoms with Crippen LogP contribution in [-0.4, -0.2) is 37.0 Å². The lowest BCUT2D eigenvalue weighted by Gasteiger charge is -2.31. The molecule has 0 atom stereocenters. The molecule has 4 nitrogen and oxygen atoms in total. The summed E-state index contributed by atoms with van der Waals surface area (Å²) in [5, 5.41) is 0. The molecule has 1 rings (SSSR count). The second-order valence-electron chi connectivity index (χ2n) is 6.19. The minimum atomic E-state index is -0.0525. The Hall–Kier alpha value is -1.55. The Morgan fingerprint density at radius 1 is 1.38 bits per heavy atom.